The lowest BCUT2D eigenvalue weighted by Crippen LogP contribution is -2.02. The highest BCUT2D eigenvalue weighted by molar-refractivity contribution is 5.81. The molecule has 0 unspecified atom stereocenters. The first-order chi connectivity index (χ1) is 10.4. The summed E-state index contributed by atoms with van der Waals surface area (Å²) in [6.45, 7) is 0. The number of phenols is 1. The molecule has 2 N–H and O–H groups in total. The molecule has 8 heteroatoms. The molecule has 0 aliphatic rings. The van der Waals surface area contributed by atoms with Gasteiger partial charge in [-0.3, -0.25) is 5.43 Å². The van der Waals surface area contributed by atoms with E-state index in [0.717, 1.165) is 6.21 Å². The van der Waals surface area contributed by atoms with Crippen molar-refractivity contribution in [2.45, 2.75) is 0 Å². The molecule has 0 amide bonds. The predicted molar refractivity (Wildman–Crippen MR) is 72.1 cm³/mol. The van der Waals surface area contributed by atoms with Gasteiger partial charge in [0.05, 0.1) is 13.3 Å². The van der Waals surface area contributed by atoms with Crippen LogP contribution in [0.2, 0.25) is 0 Å². The van der Waals surface area contributed by atoms with Gasteiger partial charge in [0.2, 0.25) is 0 Å². The molecule has 22 heavy (non-hydrogen) atoms. The smallest absolute Gasteiger partial charge is 0.186 e. The van der Waals surface area contributed by atoms with E-state index in [-0.39, 0.29) is 17.6 Å². The third-order valence-corrected chi connectivity index (χ3v) is 2.71. The van der Waals surface area contributed by atoms with Gasteiger partial charge in [-0.25, -0.2) is 17.6 Å². The number of hydrazone groups is 1. The lowest BCUT2D eigenvalue weighted by atomic mass is 10.2. The van der Waals surface area contributed by atoms with Crippen LogP contribution in [0.3, 0.4) is 0 Å². The van der Waals surface area contributed by atoms with Crippen LogP contribution >= 0.6 is 0 Å². The van der Waals surface area contributed by atoms with Crippen LogP contribution in [0, 0.1) is 23.3 Å². The van der Waals surface area contributed by atoms with Gasteiger partial charge in [0.25, 0.3) is 0 Å². The summed E-state index contributed by atoms with van der Waals surface area (Å²) in [6.07, 6.45) is 1.13. The minimum absolute atomic E-state index is 0.100. The van der Waals surface area contributed by atoms with Crippen LogP contribution in [0.4, 0.5) is 23.2 Å². The maximum absolute atomic E-state index is 13.4. The van der Waals surface area contributed by atoms with Crippen LogP contribution in [0.5, 0.6) is 11.5 Å². The highest BCUT2D eigenvalue weighted by atomic mass is 19.2. The van der Waals surface area contributed by atoms with Crippen LogP contribution in [0.1, 0.15) is 5.56 Å². The monoisotopic (exact) mass is 314 g/mol. The van der Waals surface area contributed by atoms with E-state index in [1.807, 2.05) is 5.43 Å². The summed E-state index contributed by atoms with van der Waals surface area (Å²) >= 11 is 0. The summed E-state index contributed by atoms with van der Waals surface area (Å²) in [6, 6.07) is 4.27. The zero-order valence-electron chi connectivity index (χ0n) is 11.2. The number of benzene rings is 2. The average Bonchev–Trinajstić information content (AvgIpc) is 2.50. The van der Waals surface area contributed by atoms with Gasteiger partial charge < -0.3 is 9.84 Å². The number of hydrogen-bond acceptors (Lipinski definition) is 4. The van der Waals surface area contributed by atoms with Crippen LogP contribution in [-0.4, -0.2) is 18.4 Å². The molecule has 0 fully saturated rings. The maximum Gasteiger partial charge on any atom is 0.186 e. The summed E-state index contributed by atoms with van der Waals surface area (Å²) in [4.78, 5) is 0. The topological polar surface area (TPSA) is 53.8 Å². The van der Waals surface area contributed by atoms with Crippen LogP contribution in [-0.2, 0) is 0 Å². The van der Waals surface area contributed by atoms with Crippen molar-refractivity contribution in [2.24, 2.45) is 5.10 Å². The van der Waals surface area contributed by atoms with Gasteiger partial charge in [-0.2, -0.15) is 5.10 Å². The van der Waals surface area contributed by atoms with Crippen LogP contribution in [0.25, 0.3) is 0 Å². The van der Waals surface area contributed by atoms with Crippen molar-refractivity contribution in [2.75, 3.05) is 12.5 Å². The summed E-state index contributed by atoms with van der Waals surface area (Å²) in [5.74, 6) is -6.18. The van der Waals surface area contributed by atoms with E-state index < -0.39 is 29.0 Å². The molecule has 2 rings (SSSR count). The maximum atomic E-state index is 13.4. The Morgan fingerprint density at radius 3 is 2.32 bits per heavy atom. The van der Waals surface area contributed by atoms with Gasteiger partial charge >= 0.3 is 0 Å². The quantitative estimate of drug-likeness (QED) is 0.393. The van der Waals surface area contributed by atoms with Crippen molar-refractivity contribution in [3.63, 3.8) is 0 Å². The van der Waals surface area contributed by atoms with Crippen molar-refractivity contribution < 1.29 is 27.4 Å². The Kier molecular flexibility index (Phi) is 4.50. The Morgan fingerprint density at radius 1 is 1.09 bits per heavy atom. The van der Waals surface area contributed by atoms with Crippen LogP contribution in [0.15, 0.2) is 29.4 Å². The van der Waals surface area contributed by atoms with Gasteiger partial charge in [-0.05, 0) is 23.8 Å². The highest BCUT2D eigenvalue weighted by Crippen LogP contribution is 2.26. The van der Waals surface area contributed by atoms with E-state index in [1.54, 1.807) is 0 Å². The first-order valence-electron chi connectivity index (χ1n) is 5.93. The summed E-state index contributed by atoms with van der Waals surface area (Å²) in [5, 5.41) is 12.9. The molecule has 0 radical (unpaired) electrons. The number of nitrogens with one attached hydrogen (secondary N) is 1. The fraction of sp³-hybridized carbons (Fsp3) is 0.0714. The Hall–Kier alpha value is -2.77. The van der Waals surface area contributed by atoms with Crippen molar-refractivity contribution in [1.29, 1.82) is 0 Å². The minimum atomic E-state index is -1.58. The molecule has 0 saturated heterocycles. The molecule has 0 aromatic heterocycles. The number of rotatable bonds is 4. The van der Waals surface area contributed by atoms with E-state index in [9.17, 15) is 22.7 Å². The standard InChI is InChI=1S/C14H10F4N2O2/c1-22-11-4-7(2-3-10(11)21)6-19-20-14-12(17)8(15)5-9(16)13(14)18/h2-6,20-21H,1H3/b19-6+. The molecule has 0 heterocycles. The largest absolute Gasteiger partial charge is 0.504 e. The SMILES string of the molecule is COc1cc(/C=N/Nc2c(F)c(F)cc(F)c2F)ccc1O. The molecule has 0 aliphatic heterocycles. The second kappa shape index (κ2) is 6.33. The number of ether oxygens (including phenoxy) is 1. The Morgan fingerprint density at radius 2 is 1.73 bits per heavy atom. The molecule has 2 aromatic rings. The third kappa shape index (κ3) is 3.11. The summed E-state index contributed by atoms with van der Waals surface area (Å²) in [7, 11) is 1.34. The Bertz CT molecular complexity index is 709. The molecule has 0 aliphatic carbocycles. The number of halogens is 4. The summed E-state index contributed by atoms with van der Waals surface area (Å²) < 4.78 is 57.6. The number of phenolic OH excluding ortho intramolecular Hbond substituents is 1. The molecular formula is C14H10F4N2O2. The minimum Gasteiger partial charge on any atom is -0.504 e. The van der Waals surface area contributed by atoms with Crippen molar-refractivity contribution >= 4 is 11.9 Å². The molecule has 4 nitrogen and oxygen atoms in total. The predicted octanol–water partition coefficient (Wildman–Crippen LogP) is 3.40. The van der Waals surface area contributed by atoms with Crippen molar-refractivity contribution in [1.82, 2.24) is 0 Å². The number of anilines is 1. The average molecular weight is 314 g/mol. The number of nitrogens with zero attached hydrogens (tertiary/aromatic N) is 1. The van der Waals surface area contributed by atoms with E-state index >= 15 is 0 Å². The molecule has 0 saturated carbocycles. The van der Waals surface area contributed by atoms with Gasteiger partial charge in [-0.15, -0.1) is 0 Å². The first kappa shape index (κ1) is 15.6. The van der Waals surface area contributed by atoms with Crippen molar-refractivity contribution in [3.8, 4) is 11.5 Å². The number of aromatic hydroxyl groups is 1. The van der Waals surface area contributed by atoms with Gasteiger partial charge in [0.15, 0.2) is 34.8 Å². The number of hydrogen-bond donors (Lipinski definition) is 2. The fourth-order valence-electron chi connectivity index (χ4n) is 1.62. The third-order valence-electron chi connectivity index (χ3n) is 2.71. The van der Waals surface area contributed by atoms with Gasteiger partial charge in [0, 0.05) is 6.07 Å². The van der Waals surface area contributed by atoms with Crippen molar-refractivity contribution in [3.05, 3.63) is 53.1 Å². The lowest BCUT2D eigenvalue weighted by molar-refractivity contribution is 0.373. The fourth-order valence-corrected chi connectivity index (χ4v) is 1.62. The molecule has 116 valence electrons. The summed E-state index contributed by atoms with van der Waals surface area (Å²) in [5.41, 5.74) is 1.27. The Balaban J connectivity index is 2.23. The molecular weight excluding hydrogens is 304 g/mol. The normalized spacial score (nSPS) is 11.0. The van der Waals surface area contributed by atoms with Gasteiger partial charge in [0.1, 0.15) is 5.69 Å². The molecule has 2 aromatic carbocycles. The zero-order valence-corrected chi connectivity index (χ0v) is 11.2. The number of methoxy groups -OCH3 is 1. The second-order valence-corrected chi connectivity index (χ2v) is 4.14. The van der Waals surface area contributed by atoms with E-state index in [4.69, 9.17) is 4.74 Å². The van der Waals surface area contributed by atoms with E-state index in [1.165, 1.54) is 25.3 Å². The zero-order chi connectivity index (χ0) is 16.3. The highest BCUT2D eigenvalue weighted by Gasteiger charge is 2.18. The second-order valence-electron chi connectivity index (χ2n) is 4.14. The molecule has 0 bridgehead atoms. The molecule has 0 spiro atoms. The lowest BCUT2D eigenvalue weighted by Gasteiger charge is -2.06. The molecule has 0 atom stereocenters. The van der Waals surface area contributed by atoms with E-state index in [0.29, 0.717) is 5.56 Å². The van der Waals surface area contributed by atoms with Crippen LogP contribution < -0.4 is 10.2 Å². The van der Waals surface area contributed by atoms with E-state index in [2.05, 4.69) is 5.10 Å². The Labute approximate surface area is 122 Å². The first-order valence-corrected chi connectivity index (χ1v) is 5.93. The van der Waals surface area contributed by atoms with Gasteiger partial charge in [-0.1, -0.05) is 0 Å².